The van der Waals surface area contributed by atoms with E-state index < -0.39 is 12.1 Å². The summed E-state index contributed by atoms with van der Waals surface area (Å²) < 4.78 is 13.0. The van der Waals surface area contributed by atoms with Crippen molar-refractivity contribution in [3.8, 4) is 0 Å². The first-order valence-electron chi connectivity index (χ1n) is 10.2. The summed E-state index contributed by atoms with van der Waals surface area (Å²) in [5.41, 5.74) is 1.37. The highest BCUT2D eigenvalue weighted by molar-refractivity contribution is 5.94. The second kappa shape index (κ2) is 11.7. The van der Waals surface area contributed by atoms with Crippen LogP contribution in [0, 0.1) is 11.7 Å². The van der Waals surface area contributed by atoms with Gasteiger partial charge in [0, 0.05) is 18.8 Å². The summed E-state index contributed by atoms with van der Waals surface area (Å²) in [5, 5.41) is 8.13. The first-order chi connectivity index (χ1) is 14.8. The molecular formula is C23H29FN4O3. The molecule has 3 N–H and O–H groups in total. The molecule has 1 atom stereocenters. The van der Waals surface area contributed by atoms with E-state index in [9.17, 15) is 18.8 Å². The van der Waals surface area contributed by atoms with Crippen LogP contribution in [0.1, 0.15) is 26.3 Å². The number of likely N-dealkylation sites (N-methyl/N-ethyl adjacent to an activating group) is 1. The van der Waals surface area contributed by atoms with E-state index in [1.54, 1.807) is 43.3 Å². The highest BCUT2D eigenvalue weighted by Gasteiger charge is 2.29. The third kappa shape index (κ3) is 7.73. The number of carbonyl (C=O) groups is 3. The number of carbonyl (C=O) groups excluding carboxylic acids is 3. The molecular weight excluding hydrogens is 399 g/mol. The smallest absolute Gasteiger partial charge is 0.319 e. The fourth-order valence-electron chi connectivity index (χ4n) is 2.92. The lowest BCUT2D eigenvalue weighted by atomic mass is 10.0. The largest absolute Gasteiger partial charge is 0.350 e. The highest BCUT2D eigenvalue weighted by Crippen LogP contribution is 2.09. The first-order valence-corrected chi connectivity index (χ1v) is 10.2. The minimum atomic E-state index is -0.784. The number of benzene rings is 2. The Bertz CT molecular complexity index is 872. The van der Waals surface area contributed by atoms with Crippen LogP contribution in [0.5, 0.6) is 0 Å². The van der Waals surface area contributed by atoms with Crippen LogP contribution in [0.4, 0.5) is 14.9 Å². The molecule has 0 aliphatic carbocycles. The number of nitrogens with zero attached hydrogens (tertiary/aromatic N) is 1. The maximum absolute atomic E-state index is 13.0. The van der Waals surface area contributed by atoms with E-state index >= 15 is 0 Å². The zero-order chi connectivity index (χ0) is 22.8. The lowest BCUT2D eigenvalue weighted by Crippen LogP contribution is -2.53. The molecule has 2 rings (SSSR count). The van der Waals surface area contributed by atoms with E-state index in [2.05, 4.69) is 16.0 Å². The van der Waals surface area contributed by atoms with Crippen LogP contribution in [0.25, 0.3) is 0 Å². The number of anilines is 1. The van der Waals surface area contributed by atoms with Gasteiger partial charge in [0.1, 0.15) is 11.9 Å². The van der Waals surface area contributed by atoms with Gasteiger partial charge >= 0.3 is 6.03 Å². The second-order valence-electron chi connectivity index (χ2n) is 7.44. The molecule has 0 aromatic heterocycles. The van der Waals surface area contributed by atoms with Crippen molar-refractivity contribution in [2.24, 2.45) is 5.92 Å². The molecule has 0 bridgehead atoms. The zero-order valence-corrected chi connectivity index (χ0v) is 18.0. The molecule has 0 radical (unpaired) electrons. The number of hydrogen-bond acceptors (Lipinski definition) is 3. The van der Waals surface area contributed by atoms with Crippen molar-refractivity contribution in [3.05, 3.63) is 66.0 Å². The molecule has 8 heteroatoms. The Morgan fingerprint density at radius 3 is 2.23 bits per heavy atom. The van der Waals surface area contributed by atoms with Crippen molar-refractivity contribution in [1.29, 1.82) is 0 Å². The monoisotopic (exact) mass is 428 g/mol. The summed E-state index contributed by atoms with van der Waals surface area (Å²) in [5.74, 6) is -1.19. The molecule has 0 aliphatic heterocycles. The number of amides is 4. The quantitative estimate of drug-likeness (QED) is 0.573. The molecule has 7 nitrogen and oxygen atoms in total. The van der Waals surface area contributed by atoms with Crippen molar-refractivity contribution in [2.75, 3.05) is 18.4 Å². The maximum atomic E-state index is 13.0. The van der Waals surface area contributed by atoms with Crippen LogP contribution in [0.3, 0.4) is 0 Å². The molecule has 0 saturated carbocycles. The summed E-state index contributed by atoms with van der Waals surface area (Å²) in [6.45, 7) is 5.83. The van der Waals surface area contributed by atoms with Gasteiger partial charge in [0.05, 0.1) is 6.54 Å². The van der Waals surface area contributed by atoms with Crippen LogP contribution in [-0.4, -0.2) is 41.9 Å². The van der Waals surface area contributed by atoms with Crippen LogP contribution < -0.4 is 16.0 Å². The average Bonchev–Trinajstić information content (AvgIpc) is 2.75. The molecule has 31 heavy (non-hydrogen) atoms. The molecule has 0 heterocycles. The number of para-hydroxylation sites is 1. The van der Waals surface area contributed by atoms with Crippen LogP contribution in [-0.2, 0) is 16.1 Å². The Labute approximate surface area is 182 Å². The molecule has 2 aromatic carbocycles. The summed E-state index contributed by atoms with van der Waals surface area (Å²) >= 11 is 0. The number of rotatable bonds is 9. The Morgan fingerprint density at radius 2 is 1.65 bits per heavy atom. The molecule has 0 fully saturated rings. The molecule has 1 unspecified atom stereocenters. The molecule has 0 aliphatic rings. The van der Waals surface area contributed by atoms with Crippen LogP contribution in [0.15, 0.2) is 54.6 Å². The van der Waals surface area contributed by atoms with Gasteiger partial charge in [0.2, 0.25) is 11.8 Å². The molecule has 0 saturated heterocycles. The van der Waals surface area contributed by atoms with Gasteiger partial charge in [-0.25, -0.2) is 9.18 Å². The fraction of sp³-hybridized carbons (Fsp3) is 0.348. The average molecular weight is 429 g/mol. The Hall–Kier alpha value is -3.42. The lowest BCUT2D eigenvalue weighted by molar-refractivity contribution is -0.138. The minimum absolute atomic E-state index is 0.137. The summed E-state index contributed by atoms with van der Waals surface area (Å²) in [4.78, 5) is 39.1. The highest BCUT2D eigenvalue weighted by atomic mass is 19.1. The van der Waals surface area contributed by atoms with Gasteiger partial charge in [-0.05, 0) is 42.7 Å². The van der Waals surface area contributed by atoms with Gasteiger partial charge in [0.25, 0.3) is 0 Å². The topological polar surface area (TPSA) is 90.5 Å². The Balaban J connectivity index is 1.93. The molecule has 0 spiro atoms. The van der Waals surface area contributed by atoms with Gasteiger partial charge < -0.3 is 20.9 Å². The van der Waals surface area contributed by atoms with Crippen molar-refractivity contribution in [2.45, 2.75) is 33.4 Å². The SMILES string of the molecule is CCN(CC(=O)NCc1ccc(F)cc1)C(=O)C(NC(=O)Nc1ccccc1)C(C)C. The maximum Gasteiger partial charge on any atom is 0.319 e. The predicted molar refractivity (Wildman–Crippen MR) is 118 cm³/mol. The van der Waals surface area contributed by atoms with E-state index in [1.807, 2.05) is 19.9 Å². The van der Waals surface area contributed by atoms with Gasteiger partial charge in [-0.2, -0.15) is 0 Å². The van der Waals surface area contributed by atoms with Gasteiger partial charge in [0.15, 0.2) is 0 Å². The predicted octanol–water partition coefficient (Wildman–Crippen LogP) is 3.14. The lowest BCUT2D eigenvalue weighted by Gasteiger charge is -2.28. The summed E-state index contributed by atoms with van der Waals surface area (Å²) in [6.07, 6.45) is 0. The molecule has 2 aromatic rings. The number of halogens is 1. The Morgan fingerprint density at radius 1 is 1.00 bits per heavy atom. The van der Waals surface area contributed by atoms with Gasteiger partial charge in [-0.1, -0.05) is 44.2 Å². The standard InChI is InChI=1S/C23H29FN4O3/c1-4-28(15-20(29)25-14-17-10-12-18(24)13-11-17)22(30)21(16(2)3)27-23(31)26-19-8-6-5-7-9-19/h5-13,16,21H,4,14-15H2,1-3H3,(H,25,29)(H2,26,27,31). The van der Waals surface area contributed by atoms with E-state index in [4.69, 9.17) is 0 Å². The second-order valence-corrected chi connectivity index (χ2v) is 7.44. The normalized spacial score (nSPS) is 11.5. The molecule has 166 valence electrons. The number of urea groups is 1. The third-order valence-corrected chi connectivity index (χ3v) is 4.68. The summed E-state index contributed by atoms with van der Waals surface area (Å²) in [7, 11) is 0. The van der Waals surface area contributed by atoms with E-state index in [-0.39, 0.29) is 36.6 Å². The van der Waals surface area contributed by atoms with Crippen molar-refractivity contribution in [1.82, 2.24) is 15.5 Å². The van der Waals surface area contributed by atoms with E-state index in [0.29, 0.717) is 12.2 Å². The van der Waals surface area contributed by atoms with Crippen LogP contribution >= 0.6 is 0 Å². The third-order valence-electron chi connectivity index (χ3n) is 4.68. The van der Waals surface area contributed by atoms with Crippen molar-refractivity contribution in [3.63, 3.8) is 0 Å². The first kappa shape index (κ1) is 23.9. The molecule has 4 amide bonds. The van der Waals surface area contributed by atoms with E-state index in [0.717, 1.165) is 5.56 Å². The van der Waals surface area contributed by atoms with Gasteiger partial charge in [-0.3, -0.25) is 9.59 Å². The van der Waals surface area contributed by atoms with Crippen molar-refractivity contribution >= 4 is 23.5 Å². The van der Waals surface area contributed by atoms with Crippen molar-refractivity contribution < 1.29 is 18.8 Å². The van der Waals surface area contributed by atoms with Crippen LogP contribution in [0.2, 0.25) is 0 Å². The fourth-order valence-corrected chi connectivity index (χ4v) is 2.92. The summed E-state index contributed by atoms with van der Waals surface area (Å²) in [6, 6.07) is 13.5. The van der Waals surface area contributed by atoms with Gasteiger partial charge in [-0.15, -0.1) is 0 Å². The minimum Gasteiger partial charge on any atom is -0.350 e. The van der Waals surface area contributed by atoms with E-state index in [1.165, 1.54) is 17.0 Å². The zero-order valence-electron chi connectivity index (χ0n) is 18.0. The number of nitrogens with one attached hydrogen (secondary N) is 3. The number of hydrogen-bond donors (Lipinski definition) is 3. The Kier molecular flexibility index (Phi) is 8.99.